The van der Waals surface area contributed by atoms with Gasteiger partial charge in [0.2, 0.25) is 17.7 Å². The van der Waals surface area contributed by atoms with Crippen molar-refractivity contribution in [3.05, 3.63) is 29.8 Å². The summed E-state index contributed by atoms with van der Waals surface area (Å²) in [6.07, 6.45) is -0.0188. The first-order chi connectivity index (χ1) is 14.0. The Morgan fingerprint density at radius 2 is 1.53 bits per heavy atom. The summed E-state index contributed by atoms with van der Waals surface area (Å²) in [5, 5.41) is 34.5. The molecule has 3 unspecified atom stereocenters. The van der Waals surface area contributed by atoms with Gasteiger partial charge in [-0.3, -0.25) is 19.2 Å². The fraction of sp³-hybridized carbons (Fsp3) is 0.474. The molecule has 166 valence electrons. The van der Waals surface area contributed by atoms with E-state index < -0.39 is 55.0 Å². The number of carbonyl (C=O) groups is 4. The van der Waals surface area contributed by atoms with Crippen molar-refractivity contribution in [3.8, 4) is 5.75 Å². The van der Waals surface area contributed by atoms with Crippen molar-refractivity contribution in [2.75, 3.05) is 13.2 Å². The van der Waals surface area contributed by atoms with Gasteiger partial charge in [-0.2, -0.15) is 0 Å². The molecule has 1 aromatic rings. The van der Waals surface area contributed by atoms with E-state index in [1.54, 1.807) is 13.8 Å². The average molecular weight is 424 g/mol. The summed E-state index contributed by atoms with van der Waals surface area (Å²) >= 11 is 0. The Morgan fingerprint density at radius 1 is 0.967 bits per heavy atom. The number of hydrogen-bond donors (Lipinski definition) is 7. The molecule has 0 saturated heterocycles. The number of phenolic OH excluding ortho intramolecular Hbond substituents is 1. The van der Waals surface area contributed by atoms with Crippen molar-refractivity contribution in [1.82, 2.24) is 16.0 Å². The number of aliphatic carboxylic acids is 1. The van der Waals surface area contributed by atoms with E-state index in [2.05, 4.69) is 16.0 Å². The van der Waals surface area contributed by atoms with Crippen molar-refractivity contribution in [3.63, 3.8) is 0 Å². The van der Waals surface area contributed by atoms with Crippen molar-refractivity contribution in [2.45, 2.75) is 38.4 Å². The van der Waals surface area contributed by atoms with E-state index in [0.29, 0.717) is 5.56 Å². The molecule has 0 bridgehead atoms. The Balaban J connectivity index is 2.92. The molecule has 0 aliphatic rings. The quantitative estimate of drug-likeness (QED) is 0.214. The Morgan fingerprint density at radius 3 is 2.03 bits per heavy atom. The van der Waals surface area contributed by atoms with Gasteiger partial charge in [-0.1, -0.05) is 26.0 Å². The molecule has 8 N–H and O–H groups in total. The first kappa shape index (κ1) is 24.9. The second-order valence-electron chi connectivity index (χ2n) is 7.06. The molecule has 0 aliphatic carbocycles. The van der Waals surface area contributed by atoms with Gasteiger partial charge in [-0.15, -0.1) is 0 Å². The lowest BCUT2D eigenvalue weighted by molar-refractivity contribution is -0.138. The maximum Gasteiger partial charge on any atom is 0.322 e. The second kappa shape index (κ2) is 11.7. The minimum atomic E-state index is -1.35. The van der Waals surface area contributed by atoms with E-state index in [9.17, 15) is 29.4 Å². The number of nitrogens with two attached hydrogens (primary N) is 1. The first-order valence-electron chi connectivity index (χ1n) is 9.29. The van der Waals surface area contributed by atoms with Crippen LogP contribution in [0.5, 0.6) is 5.75 Å². The molecule has 11 nitrogen and oxygen atoms in total. The highest BCUT2D eigenvalue weighted by Crippen LogP contribution is 2.11. The molecule has 0 spiro atoms. The number of benzene rings is 1. The average Bonchev–Trinajstić information content (AvgIpc) is 2.70. The van der Waals surface area contributed by atoms with E-state index in [1.165, 1.54) is 24.3 Å². The summed E-state index contributed by atoms with van der Waals surface area (Å²) in [7, 11) is 0. The lowest BCUT2D eigenvalue weighted by atomic mass is 10.0. The van der Waals surface area contributed by atoms with Gasteiger partial charge in [0.05, 0.1) is 12.6 Å². The number of aromatic hydroxyl groups is 1. The number of carboxylic acids is 1. The van der Waals surface area contributed by atoms with Crippen LogP contribution < -0.4 is 21.7 Å². The monoisotopic (exact) mass is 424 g/mol. The summed E-state index contributed by atoms with van der Waals surface area (Å²) < 4.78 is 0. The normalized spacial score (nSPS) is 13.8. The molecule has 11 heteroatoms. The molecule has 0 heterocycles. The number of phenols is 1. The van der Waals surface area contributed by atoms with Gasteiger partial charge in [0.25, 0.3) is 0 Å². The molecule has 0 radical (unpaired) electrons. The molecule has 0 aliphatic heterocycles. The maximum atomic E-state index is 12.5. The summed E-state index contributed by atoms with van der Waals surface area (Å²) in [5.74, 6) is -3.68. The number of hydrogen-bond acceptors (Lipinski definition) is 7. The fourth-order valence-electron chi connectivity index (χ4n) is 2.40. The highest BCUT2D eigenvalue weighted by atomic mass is 16.4. The van der Waals surface area contributed by atoms with Gasteiger partial charge in [-0.25, -0.2) is 0 Å². The predicted octanol–water partition coefficient (Wildman–Crippen LogP) is -1.92. The minimum Gasteiger partial charge on any atom is -0.508 e. The number of aliphatic hydroxyl groups is 1. The van der Waals surface area contributed by atoms with E-state index in [-0.39, 0.29) is 18.1 Å². The Bertz CT molecular complexity index is 752. The smallest absolute Gasteiger partial charge is 0.322 e. The number of aliphatic hydroxyl groups excluding tert-OH is 1. The molecular weight excluding hydrogens is 396 g/mol. The molecule has 1 rings (SSSR count). The number of nitrogens with one attached hydrogen (secondary N) is 3. The number of rotatable bonds is 11. The van der Waals surface area contributed by atoms with Crippen LogP contribution in [0.2, 0.25) is 0 Å². The number of carboxylic acid groups (broad SMARTS) is 1. The summed E-state index contributed by atoms with van der Waals surface area (Å²) in [6, 6.07) is 2.43. The van der Waals surface area contributed by atoms with Gasteiger partial charge in [0.1, 0.15) is 24.4 Å². The van der Waals surface area contributed by atoms with E-state index >= 15 is 0 Å². The summed E-state index contributed by atoms with van der Waals surface area (Å²) in [4.78, 5) is 47.7. The van der Waals surface area contributed by atoms with Crippen molar-refractivity contribution in [2.24, 2.45) is 11.7 Å². The highest BCUT2D eigenvalue weighted by Gasteiger charge is 2.28. The molecular formula is C19H28N4O7. The van der Waals surface area contributed by atoms with Gasteiger partial charge in [0.15, 0.2) is 0 Å². The third-order valence-electron chi connectivity index (χ3n) is 4.26. The van der Waals surface area contributed by atoms with Crippen LogP contribution >= 0.6 is 0 Å². The molecule has 0 fully saturated rings. The Kier molecular flexibility index (Phi) is 9.72. The van der Waals surface area contributed by atoms with Crippen LogP contribution in [-0.2, 0) is 25.6 Å². The topological polar surface area (TPSA) is 191 Å². The standard InChI is InChI=1S/C19H28N4O7/c1-10(2)16(20)19(30)23-14(9-24)18(29)22-13(17(28)21-8-15(26)27)7-11-3-5-12(25)6-4-11/h3-6,10,13-14,16,24-25H,7-9,20H2,1-2H3,(H,21,28)(H,22,29)(H,23,30)(H,26,27). The summed E-state index contributed by atoms with van der Waals surface area (Å²) in [6.45, 7) is 2.06. The Hall–Kier alpha value is -3.18. The van der Waals surface area contributed by atoms with Crippen molar-refractivity contribution < 1.29 is 34.5 Å². The minimum absolute atomic E-state index is 0.0132. The van der Waals surface area contributed by atoms with Gasteiger partial charge < -0.3 is 37.0 Å². The van der Waals surface area contributed by atoms with Crippen molar-refractivity contribution >= 4 is 23.7 Å². The molecule has 30 heavy (non-hydrogen) atoms. The third kappa shape index (κ3) is 8.05. The van der Waals surface area contributed by atoms with Crippen LogP contribution in [0.3, 0.4) is 0 Å². The van der Waals surface area contributed by atoms with Crippen LogP contribution in [-0.4, -0.2) is 70.3 Å². The van der Waals surface area contributed by atoms with Crippen LogP contribution in [0.4, 0.5) is 0 Å². The third-order valence-corrected chi connectivity index (χ3v) is 4.26. The second-order valence-corrected chi connectivity index (χ2v) is 7.06. The van der Waals surface area contributed by atoms with E-state index in [4.69, 9.17) is 10.8 Å². The van der Waals surface area contributed by atoms with Crippen LogP contribution in [0.15, 0.2) is 24.3 Å². The maximum absolute atomic E-state index is 12.5. The zero-order chi connectivity index (χ0) is 22.8. The zero-order valence-electron chi connectivity index (χ0n) is 16.8. The van der Waals surface area contributed by atoms with E-state index in [0.717, 1.165) is 0 Å². The van der Waals surface area contributed by atoms with E-state index in [1.807, 2.05) is 0 Å². The number of carbonyl (C=O) groups excluding carboxylic acids is 3. The number of amides is 3. The van der Waals surface area contributed by atoms with Crippen molar-refractivity contribution in [1.29, 1.82) is 0 Å². The van der Waals surface area contributed by atoms with Crippen LogP contribution in [0.1, 0.15) is 19.4 Å². The van der Waals surface area contributed by atoms with Gasteiger partial charge >= 0.3 is 5.97 Å². The van der Waals surface area contributed by atoms with Gasteiger partial charge in [-0.05, 0) is 23.6 Å². The van der Waals surface area contributed by atoms with Gasteiger partial charge in [0, 0.05) is 6.42 Å². The first-order valence-corrected chi connectivity index (χ1v) is 9.29. The molecule has 1 aromatic carbocycles. The Labute approximate surface area is 173 Å². The largest absolute Gasteiger partial charge is 0.508 e. The lowest BCUT2D eigenvalue weighted by Gasteiger charge is -2.23. The molecule has 3 atom stereocenters. The molecule has 3 amide bonds. The summed E-state index contributed by atoms with van der Waals surface area (Å²) in [5.41, 5.74) is 6.31. The zero-order valence-corrected chi connectivity index (χ0v) is 16.8. The lowest BCUT2D eigenvalue weighted by Crippen LogP contribution is -2.58. The predicted molar refractivity (Wildman–Crippen MR) is 106 cm³/mol. The molecule has 0 aromatic heterocycles. The highest BCUT2D eigenvalue weighted by molar-refractivity contribution is 5.93. The fourth-order valence-corrected chi connectivity index (χ4v) is 2.40. The van der Waals surface area contributed by atoms with Crippen LogP contribution in [0.25, 0.3) is 0 Å². The van der Waals surface area contributed by atoms with Crippen LogP contribution in [0, 0.1) is 5.92 Å². The molecule has 0 saturated carbocycles. The SMILES string of the molecule is CC(C)C(N)C(=O)NC(CO)C(=O)NC(Cc1ccc(O)cc1)C(=O)NCC(=O)O.